The molecule has 1 aromatic carbocycles. The molecule has 1 aliphatic carbocycles. The summed E-state index contributed by atoms with van der Waals surface area (Å²) >= 11 is 0. The number of benzene rings is 1. The lowest BCUT2D eigenvalue weighted by Gasteiger charge is -2.21. The van der Waals surface area contributed by atoms with Crippen molar-refractivity contribution in [2.24, 2.45) is 10.7 Å². The second-order valence-electron chi connectivity index (χ2n) is 7.52. The van der Waals surface area contributed by atoms with Gasteiger partial charge in [0.1, 0.15) is 0 Å². The third kappa shape index (κ3) is 4.00. The van der Waals surface area contributed by atoms with E-state index >= 15 is 0 Å². The van der Waals surface area contributed by atoms with Gasteiger partial charge in [0.15, 0.2) is 6.20 Å². The van der Waals surface area contributed by atoms with Gasteiger partial charge in [-0.2, -0.15) is 0 Å². The number of carbonyl (C=O) groups is 1. The summed E-state index contributed by atoms with van der Waals surface area (Å²) in [7, 11) is 0. The first-order chi connectivity index (χ1) is 15.5. The molecule has 1 aliphatic rings. The highest BCUT2D eigenvalue weighted by Gasteiger charge is 2.19. The number of hydrogen-bond acceptors (Lipinski definition) is 4. The lowest BCUT2D eigenvalue weighted by molar-refractivity contribution is -0.342. The van der Waals surface area contributed by atoms with Crippen molar-refractivity contribution in [3.63, 3.8) is 0 Å². The van der Waals surface area contributed by atoms with Crippen LogP contribution in [-0.2, 0) is 4.79 Å². The number of nitrogens with zero attached hydrogens (tertiary/aromatic N) is 2. The number of rotatable bonds is 5. The predicted octanol–water partition coefficient (Wildman–Crippen LogP) is 3.35. The van der Waals surface area contributed by atoms with Crippen molar-refractivity contribution in [2.45, 2.75) is 19.8 Å². The van der Waals surface area contributed by atoms with E-state index in [-0.39, 0.29) is 11.5 Å². The highest BCUT2D eigenvalue weighted by Crippen LogP contribution is 2.30. The summed E-state index contributed by atoms with van der Waals surface area (Å²) < 4.78 is 1.73. The van der Waals surface area contributed by atoms with Crippen molar-refractivity contribution in [3.05, 3.63) is 89.2 Å². The highest BCUT2D eigenvalue weighted by atomic mass is 16.1. The number of aromatic nitrogens is 2. The van der Waals surface area contributed by atoms with E-state index in [1.54, 1.807) is 22.9 Å². The fraction of sp³-hybridized carbons (Fsp3) is 0.120. The summed E-state index contributed by atoms with van der Waals surface area (Å²) in [6.07, 6.45) is 11.1. The molecule has 160 valence electrons. The number of H-pyrrole nitrogens is 1. The van der Waals surface area contributed by atoms with E-state index in [9.17, 15) is 9.59 Å². The Balaban J connectivity index is 1.96. The van der Waals surface area contributed by atoms with Crippen LogP contribution in [0.25, 0.3) is 27.5 Å². The number of nitrogens with one attached hydrogen (secondary N) is 2. The molecule has 2 heterocycles. The number of aliphatic imine (C=N–C) groups is 1. The van der Waals surface area contributed by atoms with Gasteiger partial charge < -0.3 is 11.1 Å². The molecule has 1 amide bonds. The molecule has 0 radical (unpaired) electrons. The topological polar surface area (TPSA) is 104 Å². The Bertz CT molecular complexity index is 1420. The molecule has 4 N–H and O–H groups in total. The van der Waals surface area contributed by atoms with E-state index in [2.05, 4.69) is 21.9 Å². The first kappa shape index (κ1) is 21.0. The summed E-state index contributed by atoms with van der Waals surface area (Å²) in [6.45, 7) is 5.49. The Morgan fingerprint density at radius 3 is 2.91 bits per heavy atom. The summed E-state index contributed by atoms with van der Waals surface area (Å²) in [5.74, 6) is -0.281. The van der Waals surface area contributed by atoms with Crippen molar-refractivity contribution in [2.75, 3.05) is 0 Å². The normalized spacial score (nSPS) is 14.5. The Morgan fingerprint density at radius 1 is 1.28 bits per heavy atom. The maximum Gasteiger partial charge on any atom is 0.255 e. The number of amides is 1. The van der Waals surface area contributed by atoms with Crippen LogP contribution in [0.15, 0.2) is 88.6 Å². The molecule has 0 spiro atoms. The molecule has 0 saturated heterocycles. The average Bonchev–Trinajstić information content (AvgIpc) is 2.80. The van der Waals surface area contributed by atoms with Crippen molar-refractivity contribution < 1.29 is 9.78 Å². The molecule has 0 saturated carbocycles. The van der Waals surface area contributed by atoms with Crippen molar-refractivity contribution in [3.8, 4) is 0 Å². The van der Waals surface area contributed by atoms with Gasteiger partial charge in [-0.05, 0) is 68.0 Å². The Morgan fingerprint density at radius 2 is 2.12 bits per heavy atom. The van der Waals surface area contributed by atoms with Crippen LogP contribution < -0.4 is 21.6 Å². The van der Waals surface area contributed by atoms with E-state index in [1.165, 1.54) is 12.3 Å². The Labute approximate surface area is 185 Å². The van der Waals surface area contributed by atoms with E-state index in [1.807, 2.05) is 43.5 Å². The van der Waals surface area contributed by atoms with Gasteiger partial charge >= 0.3 is 0 Å². The quantitative estimate of drug-likeness (QED) is 0.371. The fourth-order valence-electron chi connectivity index (χ4n) is 3.82. The zero-order chi connectivity index (χ0) is 22.7. The first-order valence-electron chi connectivity index (χ1n) is 10.3. The predicted molar refractivity (Wildman–Crippen MR) is 128 cm³/mol. The smallest absolute Gasteiger partial charge is 0.255 e. The molecule has 2 aromatic heterocycles. The lowest BCUT2D eigenvalue weighted by atomic mass is 10.00. The van der Waals surface area contributed by atoms with Crippen LogP contribution >= 0.6 is 0 Å². The first-order valence-corrected chi connectivity index (χ1v) is 10.3. The van der Waals surface area contributed by atoms with Gasteiger partial charge in [0.25, 0.3) is 5.56 Å². The largest absolute Gasteiger partial charge is 0.405 e. The third-order valence-electron chi connectivity index (χ3n) is 5.44. The average molecular weight is 427 g/mol. The van der Waals surface area contributed by atoms with E-state index in [4.69, 9.17) is 5.73 Å². The molecule has 32 heavy (non-hydrogen) atoms. The van der Waals surface area contributed by atoms with Crippen LogP contribution in [0, 0.1) is 0 Å². The van der Waals surface area contributed by atoms with Gasteiger partial charge in [-0.1, -0.05) is 6.58 Å². The van der Waals surface area contributed by atoms with Crippen LogP contribution in [0.3, 0.4) is 0 Å². The number of hydrogen-bond donors (Lipinski definition) is 2. The van der Waals surface area contributed by atoms with Crippen molar-refractivity contribution >= 4 is 45.3 Å². The zero-order valence-electron chi connectivity index (χ0n) is 17.8. The Kier molecular flexibility index (Phi) is 5.81. The van der Waals surface area contributed by atoms with Gasteiger partial charge in [0.05, 0.1) is 22.0 Å². The molecular weight excluding hydrogens is 402 g/mol. The van der Waals surface area contributed by atoms with E-state index in [0.29, 0.717) is 12.1 Å². The minimum atomic E-state index is -0.281. The van der Waals surface area contributed by atoms with Crippen molar-refractivity contribution in [1.29, 1.82) is 0 Å². The monoisotopic (exact) mass is 426 g/mol. The standard InChI is InChI=1S/C25H23N5O2/c1-3-23(31)29-22-14-19(8-5-16(22)2)30-24(32)10-6-17-15-28-21-9-7-18(27-12-4-11-26)13-20(21)25(17)30/h3-4,6-7,9-15H,1,5,8,26H2,2H3,(H,29,31)/p+1. The van der Waals surface area contributed by atoms with Crippen LogP contribution in [0.5, 0.6) is 0 Å². The minimum absolute atomic E-state index is 0.134. The summed E-state index contributed by atoms with van der Waals surface area (Å²) in [6, 6.07) is 9.14. The lowest BCUT2D eigenvalue weighted by Crippen LogP contribution is -2.25. The second kappa shape index (κ2) is 8.85. The minimum Gasteiger partial charge on any atom is -0.405 e. The molecular formula is C25H24N5O2+. The summed E-state index contributed by atoms with van der Waals surface area (Å²) in [5.41, 5.74) is 10.2. The molecule has 0 atom stereocenters. The molecule has 0 fully saturated rings. The summed E-state index contributed by atoms with van der Waals surface area (Å²) in [5, 5.41) is 4.61. The van der Waals surface area contributed by atoms with Crippen LogP contribution in [-0.4, -0.2) is 16.7 Å². The maximum atomic E-state index is 13.1. The van der Waals surface area contributed by atoms with Gasteiger partial charge in [-0.25, -0.2) is 4.98 Å². The fourth-order valence-corrected chi connectivity index (χ4v) is 3.82. The number of fused-ring (bicyclic) bond motifs is 3. The molecule has 7 heteroatoms. The maximum absolute atomic E-state index is 13.1. The SMILES string of the molecule is C=CC(=O)NC1=C(C)CCC(n2c(=O)ccc3c[nH+]c4ccc(N=CC=CN)cc4c32)=C1. The van der Waals surface area contributed by atoms with Gasteiger partial charge in [0, 0.05) is 29.7 Å². The number of pyridine rings is 2. The van der Waals surface area contributed by atoms with E-state index < -0.39 is 0 Å². The van der Waals surface area contributed by atoms with Gasteiger partial charge in [0.2, 0.25) is 11.4 Å². The van der Waals surface area contributed by atoms with Crippen molar-refractivity contribution in [1.82, 2.24) is 9.88 Å². The second-order valence-corrected chi connectivity index (χ2v) is 7.52. The third-order valence-corrected chi connectivity index (χ3v) is 5.44. The number of nitrogens with two attached hydrogens (primary N) is 1. The zero-order valence-corrected chi connectivity index (χ0v) is 17.8. The van der Waals surface area contributed by atoms with E-state index in [0.717, 1.165) is 45.2 Å². The number of carbonyl (C=O) groups excluding carboxylic acids is 1. The molecule has 0 bridgehead atoms. The number of allylic oxidation sites excluding steroid dienone is 4. The van der Waals surface area contributed by atoms with Gasteiger partial charge in [-0.3, -0.25) is 19.1 Å². The number of aromatic amines is 1. The molecule has 0 aliphatic heterocycles. The molecule has 7 nitrogen and oxygen atoms in total. The van der Waals surface area contributed by atoms with Crippen LogP contribution in [0.1, 0.15) is 19.8 Å². The Hall–Kier alpha value is -4.26. The summed E-state index contributed by atoms with van der Waals surface area (Å²) in [4.78, 5) is 32.7. The molecule has 0 unspecified atom stereocenters. The highest BCUT2D eigenvalue weighted by molar-refractivity contribution is 6.04. The molecule has 3 aromatic rings. The molecule has 4 rings (SSSR count). The van der Waals surface area contributed by atoms with Gasteiger partial charge in [-0.15, -0.1) is 0 Å². The van der Waals surface area contributed by atoms with Crippen LogP contribution in [0.2, 0.25) is 0 Å². The van der Waals surface area contributed by atoms with Crippen LogP contribution in [0.4, 0.5) is 5.69 Å².